The third kappa shape index (κ3) is 4.35. The summed E-state index contributed by atoms with van der Waals surface area (Å²) in [6, 6.07) is 66.2. The molecule has 8 aromatic rings. The zero-order valence-corrected chi connectivity index (χ0v) is 26.8. The van der Waals surface area contributed by atoms with Gasteiger partial charge in [-0.25, -0.2) is 0 Å². The fraction of sp³-hybridized carbons (Fsp3) is 0.0213. The summed E-state index contributed by atoms with van der Waals surface area (Å²) in [6.45, 7) is 0. The maximum Gasteiger partial charge on any atom is 0.130 e. The minimum absolute atomic E-state index is 0.00368. The molecule has 10 rings (SSSR count). The van der Waals surface area contributed by atoms with Crippen molar-refractivity contribution in [3.8, 4) is 55.6 Å². The Balaban J connectivity index is 1.10. The van der Waals surface area contributed by atoms with E-state index >= 15 is 0 Å². The highest BCUT2D eigenvalue weighted by molar-refractivity contribution is 6.23. The van der Waals surface area contributed by atoms with Crippen LogP contribution in [-0.4, -0.2) is 0 Å². The highest BCUT2D eigenvalue weighted by atomic mass is 15.3. The molecule has 2 nitrogen and oxygen atoms in total. The first-order valence-corrected chi connectivity index (χ1v) is 17.0. The second kappa shape index (κ2) is 11.1. The molecule has 0 aromatic heterocycles. The number of anilines is 3. The van der Waals surface area contributed by atoms with E-state index < -0.39 is 0 Å². The predicted octanol–water partition coefficient (Wildman–Crippen LogP) is 12.8. The van der Waals surface area contributed by atoms with Gasteiger partial charge in [0.2, 0.25) is 0 Å². The Morgan fingerprint density at radius 3 is 1.59 bits per heavy atom. The molecule has 230 valence electrons. The van der Waals surface area contributed by atoms with E-state index in [1.807, 2.05) is 0 Å². The van der Waals surface area contributed by atoms with E-state index in [-0.39, 0.29) is 6.17 Å². The number of para-hydroxylation sites is 3. The molecule has 2 heteroatoms. The molecule has 1 atom stereocenters. The van der Waals surface area contributed by atoms with E-state index in [2.05, 4.69) is 192 Å². The molecule has 49 heavy (non-hydrogen) atoms. The molecule has 0 bridgehead atoms. The zero-order chi connectivity index (χ0) is 32.3. The van der Waals surface area contributed by atoms with Gasteiger partial charge in [-0.1, -0.05) is 158 Å². The van der Waals surface area contributed by atoms with Crippen LogP contribution < -0.4 is 10.2 Å². The SMILES string of the molecule is c1ccc(-c2ccc(-c3ccccc3)c3c2-c2cccc4c(-c5ccc(C6Nc7ccccc7N6c6ccccc6)cc5)ccc-3c24)cc1. The van der Waals surface area contributed by atoms with E-state index in [4.69, 9.17) is 0 Å². The van der Waals surface area contributed by atoms with E-state index in [9.17, 15) is 0 Å². The average molecular weight is 625 g/mol. The van der Waals surface area contributed by atoms with Crippen molar-refractivity contribution in [2.24, 2.45) is 0 Å². The topological polar surface area (TPSA) is 15.3 Å². The number of rotatable bonds is 5. The molecule has 1 N–H and O–H groups in total. The van der Waals surface area contributed by atoms with Gasteiger partial charge >= 0.3 is 0 Å². The van der Waals surface area contributed by atoms with Crippen LogP contribution in [0.2, 0.25) is 0 Å². The Kier molecular flexibility index (Phi) is 6.28. The molecule has 0 fully saturated rings. The highest BCUT2D eigenvalue weighted by Crippen LogP contribution is 2.55. The number of fused-ring (bicyclic) bond motifs is 4. The van der Waals surface area contributed by atoms with Crippen molar-refractivity contribution in [2.45, 2.75) is 6.17 Å². The van der Waals surface area contributed by atoms with E-state index in [0.717, 1.165) is 5.69 Å². The first-order valence-electron chi connectivity index (χ1n) is 17.0. The van der Waals surface area contributed by atoms with Crippen molar-refractivity contribution in [3.05, 3.63) is 188 Å². The Morgan fingerprint density at radius 2 is 0.918 bits per heavy atom. The number of nitrogens with one attached hydrogen (secondary N) is 1. The van der Waals surface area contributed by atoms with Crippen LogP contribution in [0.25, 0.3) is 66.4 Å². The lowest BCUT2D eigenvalue weighted by Crippen LogP contribution is -2.23. The Bertz CT molecular complexity index is 2430. The molecule has 8 aromatic carbocycles. The maximum atomic E-state index is 3.78. The fourth-order valence-corrected chi connectivity index (χ4v) is 8.06. The van der Waals surface area contributed by atoms with Gasteiger partial charge in [0.05, 0.1) is 11.4 Å². The van der Waals surface area contributed by atoms with Crippen LogP contribution in [0.5, 0.6) is 0 Å². The zero-order valence-electron chi connectivity index (χ0n) is 26.8. The van der Waals surface area contributed by atoms with E-state index in [1.165, 1.54) is 83.3 Å². The van der Waals surface area contributed by atoms with Gasteiger partial charge in [-0.3, -0.25) is 0 Å². The molecule has 1 unspecified atom stereocenters. The van der Waals surface area contributed by atoms with Crippen molar-refractivity contribution in [2.75, 3.05) is 10.2 Å². The fourth-order valence-electron chi connectivity index (χ4n) is 8.06. The normalized spacial score (nSPS) is 14.0. The lowest BCUT2D eigenvalue weighted by atomic mass is 9.88. The molecular formula is C47H32N2. The van der Waals surface area contributed by atoms with Crippen LogP contribution in [0.1, 0.15) is 11.7 Å². The van der Waals surface area contributed by atoms with Crippen LogP contribution in [0.3, 0.4) is 0 Å². The second-order valence-electron chi connectivity index (χ2n) is 12.9. The summed E-state index contributed by atoms with van der Waals surface area (Å²) >= 11 is 0. The van der Waals surface area contributed by atoms with Crippen molar-refractivity contribution in [1.29, 1.82) is 0 Å². The summed E-state index contributed by atoms with van der Waals surface area (Å²) in [5.74, 6) is 0. The third-order valence-electron chi connectivity index (χ3n) is 10.2. The standard InChI is InChI=1S/C47H32N2/c1-4-13-31(14-5-1)37-28-29-38(32-15-6-2-7-16-32)46-41-30-27-36(39-19-12-20-40(44(39)41)45(37)46)33-23-25-34(26-24-33)47-48-42-21-10-11-22-43(42)49(47)35-17-8-3-9-18-35/h1-30,47-48H. The largest absolute Gasteiger partial charge is 0.359 e. The Labute approximate surface area is 286 Å². The quantitative estimate of drug-likeness (QED) is 0.205. The van der Waals surface area contributed by atoms with Gasteiger partial charge in [-0.15, -0.1) is 0 Å². The highest BCUT2D eigenvalue weighted by Gasteiger charge is 2.31. The molecule has 0 radical (unpaired) electrons. The van der Waals surface area contributed by atoms with Gasteiger partial charge < -0.3 is 10.2 Å². The molecule has 2 aliphatic rings. The van der Waals surface area contributed by atoms with Gasteiger partial charge in [0, 0.05) is 5.69 Å². The van der Waals surface area contributed by atoms with Gasteiger partial charge in [0.1, 0.15) is 6.17 Å². The molecule has 0 saturated heterocycles. The number of benzene rings is 8. The molecule has 1 heterocycles. The van der Waals surface area contributed by atoms with Crippen LogP contribution >= 0.6 is 0 Å². The van der Waals surface area contributed by atoms with Crippen LogP contribution in [0.4, 0.5) is 17.1 Å². The van der Waals surface area contributed by atoms with Crippen LogP contribution in [0, 0.1) is 0 Å². The number of hydrogen-bond acceptors (Lipinski definition) is 2. The van der Waals surface area contributed by atoms with Crippen molar-refractivity contribution in [1.82, 2.24) is 0 Å². The summed E-state index contributed by atoms with van der Waals surface area (Å²) in [7, 11) is 0. The third-order valence-corrected chi connectivity index (χ3v) is 10.2. The molecule has 0 saturated carbocycles. The summed E-state index contributed by atoms with van der Waals surface area (Å²) in [6.07, 6.45) is 0.00368. The second-order valence-corrected chi connectivity index (χ2v) is 12.9. The molecule has 1 aliphatic heterocycles. The lowest BCUT2D eigenvalue weighted by molar-refractivity contribution is 0.828. The number of nitrogens with zero attached hydrogens (tertiary/aromatic N) is 1. The van der Waals surface area contributed by atoms with Gasteiger partial charge in [0.15, 0.2) is 0 Å². The number of hydrogen-bond donors (Lipinski definition) is 1. The molecular weight excluding hydrogens is 593 g/mol. The van der Waals surface area contributed by atoms with Gasteiger partial charge in [0.25, 0.3) is 0 Å². The average Bonchev–Trinajstić information content (AvgIpc) is 3.74. The Hall–Kier alpha value is -6.38. The smallest absolute Gasteiger partial charge is 0.130 e. The van der Waals surface area contributed by atoms with Crippen LogP contribution in [-0.2, 0) is 0 Å². The first kappa shape index (κ1) is 27.7. The van der Waals surface area contributed by atoms with Gasteiger partial charge in [-0.2, -0.15) is 0 Å². The summed E-state index contributed by atoms with van der Waals surface area (Å²) in [5.41, 5.74) is 17.5. The minimum Gasteiger partial charge on any atom is -0.359 e. The maximum absolute atomic E-state index is 3.78. The minimum atomic E-state index is 0.00368. The van der Waals surface area contributed by atoms with E-state index in [1.54, 1.807) is 0 Å². The first-order chi connectivity index (χ1) is 24.3. The lowest BCUT2D eigenvalue weighted by Gasteiger charge is -2.27. The van der Waals surface area contributed by atoms with E-state index in [0.29, 0.717) is 0 Å². The summed E-state index contributed by atoms with van der Waals surface area (Å²) in [4.78, 5) is 2.40. The molecule has 0 spiro atoms. The monoisotopic (exact) mass is 624 g/mol. The summed E-state index contributed by atoms with van der Waals surface area (Å²) in [5, 5.41) is 6.41. The van der Waals surface area contributed by atoms with Crippen LogP contribution in [0.15, 0.2) is 182 Å². The molecule has 0 amide bonds. The molecule has 1 aliphatic carbocycles. The van der Waals surface area contributed by atoms with Gasteiger partial charge in [-0.05, 0) is 96.2 Å². The summed E-state index contributed by atoms with van der Waals surface area (Å²) < 4.78 is 0. The Morgan fingerprint density at radius 1 is 0.388 bits per heavy atom. The predicted molar refractivity (Wildman–Crippen MR) is 206 cm³/mol. The van der Waals surface area contributed by atoms with Crippen molar-refractivity contribution >= 4 is 27.8 Å². The van der Waals surface area contributed by atoms with Crippen molar-refractivity contribution < 1.29 is 0 Å². The van der Waals surface area contributed by atoms with Crippen molar-refractivity contribution in [3.63, 3.8) is 0 Å².